The van der Waals surface area contributed by atoms with Gasteiger partial charge in [0.1, 0.15) is 5.75 Å². The van der Waals surface area contributed by atoms with Crippen LogP contribution >= 0.6 is 0 Å². The lowest BCUT2D eigenvalue weighted by Crippen LogP contribution is -2.25. The zero-order chi connectivity index (χ0) is 17.5. The van der Waals surface area contributed by atoms with Gasteiger partial charge in [-0.05, 0) is 86.3 Å². The first-order valence-corrected chi connectivity index (χ1v) is 11.0. The molecule has 0 radical (unpaired) electrons. The Morgan fingerprint density at radius 2 is 1.36 bits per heavy atom. The minimum absolute atomic E-state index is 0.785. The largest absolute Gasteiger partial charge is 0.494 e. The van der Waals surface area contributed by atoms with Gasteiger partial charge in [0.05, 0.1) is 6.61 Å². The standard InChI is InChI=1S/C24H38O/c1-3-5-19-6-8-20(9-7-19)21-10-12-22(13-11-21)23-14-16-24(17-15-23)25-18-4-2/h14-17,19-22H,3-13,18H2,1-2H3/t19-,20-,21?,22?. The molecule has 1 aromatic carbocycles. The first-order valence-electron chi connectivity index (χ1n) is 11.0. The van der Waals surface area contributed by atoms with Crippen LogP contribution in [0.25, 0.3) is 0 Å². The van der Waals surface area contributed by atoms with E-state index in [9.17, 15) is 0 Å². The predicted molar refractivity (Wildman–Crippen MR) is 107 cm³/mol. The average molecular weight is 343 g/mol. The molecule has 2 aliphatic rings. The molecule has 3 rings (SSSR count). The maximum Gasteiger partial charge on any atom is 0.119 e. The van der Waals surface area contributed by atoms with Crippen LogP contribution in [0.3, 0.4) is 0 Å². The Morgan fingerprint density at radius 3 is 1.92 bits per heavy atom. The number of hydrogen-bond acceptors (Lipinski definition) is 1. The Morgan fingerprint density at radius 1 is 0.760 bits per heavy atom. The van der Waals surface area contributed by atoms with Crippen molar-refractivity contribution in [2.45, 2.75) is 90.4 Å². The van der Waals surface area contributed by atoms with Gasteiger partial charge in [-0.15, -0.1) is 0 Å². The monoisotopic (exact) mass is 342 g/mol. The molecule has 0 bridgehead atoms. The summed E-state index contributed by atoms with van der Waals surface area (Å²) in [6, 6.07) is 8.97. The van der Waals surface area contributed by atoms with Crippen LogP contribution in [-0.2, 0) is 0 Å². The zero-order valence-electron chi connectivity index (χ0n) is 16.5. The second-order valence-electron chi connectivity index (χ2n) is 8.60. The fourth-order valence-electron chi connectivity index (χ4n) is 5.34. The van der Waals surface area contributed by atoms with Gasteiger partial charge in [0.2, 0.25) is 0 Å². The summed E-state index contributed by atoms with van der Waals surface area (Å²) in [6.45, 7) is 5.32. The Balaban J connectivity index is 1.44. The van der Waals surface area contributed by atoms with E-state index in [2.05, 4.69) is 38.1 Å². The molecule has 25 heavy (non-hydrogen) atoms. The highest BCUT2D eigenvalue weighted by molar-refractivity contribution is 5.29. The third-order valence-electron chi connectivity index (χ3n) is 6.85. The van der Waals surface area contributed by atoms with Crippen LogP contribution in [0.1, 0.15) is 96.0 Å². The van der Waals surface area contributed by atoms with Gasteiger partial charge in [-0.2, -0.15) is 0 Å². The average Bonchev–Trinajstić information content (AvgIpc) is 2.68. The Bertz CT molecular complexity index is 475. The van der Waals surface area contributed by atoms with E-state index >= 15 is 0 Å². The van der Waals surface area contributed by atoms with Gasteiger partial charge in [0.15, 0.2) is 0 Å². The molecule has 0 N–H and O–H groups in total. The normalized spacial score (nSPS) is 30.2. The summed E-state index contributed by atoms with van der Waals surface area (Å²) in [6.07, 6.45) is 15.7. The van der Waals surface area contributed by atoms with Gasteiger partial charge in [-0.25, -0.2) is 0 Å². The van der Waals surface area contributed by atoms with Gasteiger partial charge in [0.25, 0.3) is 0 Å². The van der Waals surface area contributed by atoms with Gasteiger partial charge < -0.3 is 4.74 Å². The van der Waals surface area contributed by atoms with Gasteiger partial charge in [-0.3, -0.25) is 0 Å². The summed E-state index contributed by atoms with van der Waals surface area (Å²) in [5, 5.41) is 0. The van der Waals surface area contributed by atoms with E-state index in [0.29, 0.717) is 0 Å². The maximum atomic E-state index is 5.72. The first-order chi connectivity index (χ1) is 12.3. The number of benzene rings is 1. The van der Waals surface area contributed by atoms with Crippen LogP contribution in [0.2, 0.25) is 0 Å². The summed E-state index contributed by atoms with van der Waals surface area (Å²) in [5.74, 6) is 4.92. The van der Waals surface area contributed by atoms with Gasteiger partial charge >= 0.3 is 0 Å². The van der Waals surface area contributed by atoms with E-state index in [0.717, 1.165) is 42.4 Å². The van der Waals surface area contributed by atoms with E-state index in [1.165, 1.54) is 69.8 Å². The van der Waals surface area contributed by atoms with Crippen molar-refractivity contribution in [2.24, 2.45) is 17.8 Å². The molecule has 2 aliphatic carbocycles. The van der Waals surface area contributed by atoms with Crippen molar-refractivity contribution < 1.29 is 4.74 Å². The zero-order valence-corrected chi connectivity index (χ0v) is 16.5. The van der Waals surface area contributed by atoms with Gasteiger partial charge in [0, 0.05) is 0 Å². The van der Waals surface area contributed by atoms with Crippen molar-refractivity contribution >= 4 is 0 Å². The van der Waals surface area contributed by atoms with E-state index in [-0.39, 0.29) is 0 Å². The number of hydrogen-bond donors (Lipinski definition) is 0. The van der Waals surface area contributed by atoms with Crippen LogP contribution in [0.5, 0.6) is 5.75 Å². The predicted octanol–water partition coefficient (Wildman–Crippen LogP) is 7.36. The lowest BCUT2D eigenvalue weighted by atomic mass is 9.68. The molecule has 0 unspecified atom stereocenters. The number of rotatable bonds is 7. The first kappa shape index (κ1) is 18.8. The molecule has 0 aliphatic heterocycles. The van der Waals surface area contributed by atoms with Crippen molar-refractivity contribution in [2.75, 3.05) is 6.61 Å². The molecule has 0 heterocycles. The van der Waals surface area contributed by atoms with Crippen molar-refractivity contribution in [1.29, 1.82) is 0 Å². The smallest absolute Gasteiger partial charge is 0.119 e. The van der Waals surface area contributed by atoms with E-state index < -0.39 is 0 Å². The fourth-order valence-corrected chi connectivity index (χ4v) is 5.34. The highest BCUT2D eigenvalue weighted by Crippen LogP contribution is 2.44. The summed E-state index contributed by atoms with van der Waals surface area (Å²) in [4.78, 5) is 0. The Kier molecular flexibility index (Phi) is 7.25. The lowest BCUT2D eigenvalue weighted by Gasteiger charge is -2.38. The maximum absolute atomic E-state index is 5.72. The third-order valence-corrected chi connectivity index (χ3v) is 6.85. The van der Waals surface area contributed by atoms with Crippen LogP contribution < -0.4 is 4.74 Å². The molecule has 1 aromatic rings. The Hall–Kier alpha value is -0.980. The highest BCUT2D eigenvalue weighted by Gasteiger charge is 2.31. The molecular weight excluding hydrogens is 304 g/mol. The van der Waals surface area contributed by atoms with Crippen LogP contribution in [0.15, 0.2) is 24.3 Å². The molecule has 0 spiro atoms. The molecule has 0 atom stereocenters. The minimum atomic E-state index is 0.785. The quantitative estimate of drug-likeness (QED) is 0.503. The molecular formula is C24H38O. The fraction of sp³-hybridized carbons (Fsp3) is 0.750. The second kappa shape index (κ2) is 9.64. The molecule has 1 nitrogen and oxygen atoms in total. The van der Waals surface area contributed by atoms with Crippen molar-refractivity contribution in [3.63, 3.8) is 0 Å². The Labute approximate surface area is 155 Å². The molecule has 1 heteroatoms. The molecule has 0 amide bonds. The molecule has 0 aromatic heterocycles. The molecule has 2 saturated carbocycles. The third kappa shape index (κ3) is 5.25. The lowest BCUT2D eigenvalue weighted by molar-refractivity contribution is 0.156. The van der Waals surface area contributed by atoms with E-state index in [4.69, 9.17) is 4.74 Å². The highest BCUT2D eigenvalue weighted by atomic mass is 16.5. The van der Waals surface area contributed by atoms with Crippen LogP contribution in [-0.4, -0.2) is 6.61 Å². The topological polar surface area (TPSA) is 9.23 Å². The van der Waals surface area contributed by atoms with Crippen molar-refractivity contribution in [3.8, 4) is 5.75 Å². The number of ether oxygens (including phenoxy) is 1. The molecule has 0 saturated heterocycles. The van der Waals surface area contributed by atoms with E-state index in [1.807, 2.05) is 0 Å². The summed E-state index contributed by atoms with van der Waals surface area (Å²) in [7, 11) is 0. The van der Waals surface area contributed by atoms with Gasteiger partial charge in [-0.1, -0.05) is 51.7 Å². The van der Waals surface area contributed by atoms with Crippen molar-refractivity contribution in [3.05, 3.63) is 29.8 Å². The summed E-state index contributed by atoms with van der Waals surface area (Å²) < 4.78 is 5.72. The van der Waals surface area contributed by atoms with Crippen LogP contribution in [0, 0.1) is 17.8 Å². The molecule has 140 valence electrons. The molecule has 2 fully saturated rings. The summed E-state index contributed by atoms with van der Waals surface area (Å²) >= 11 is 0. The second-order valence-corrected chi connectivity index (χ2v) is 8.60. The SMILES string of the molecule is CCCOc1ccc(C2CCC([C@H]3CC[C@H](CCC)CC3)CC2)cc1. The summed E-state index contributed by atoms with van der Waals surface area (Å²) in [5.41, 5.74) is 1.54. The van der Waals surface area contributed by atoms with Crippen LogP contribution in [0.4, 0.5) is 0 Å². The minimum Gasteiger partial charge on any atom is -0.494 e. The van der Waals surface area contributed by atoms with E-state index in [1.54, 1.807) is 0 Å². The van der Waals surface area contributed by atoms with Crippen molar-refractivity contribution in [1.82, 2.24) is 0 Å².